The number of nitrogens with zero attached hydrogens (tertiary/aromatic N) is 4. The standard InChI is InChI=1S/C16H15N5O/c1-20-13-8-5-11(17)9-14(13)21-15(18-19-16(20)21)10-3-6-12(22-2)7-4-10/h3-9H,17H2,1-2H3. The highest BCUT2D eigenvalue weighted by atomic mass is 16.5. The van der Waals surface area contributed by atoms with Gasteiger partial charge in [-0.3, -0.25) is 4.40 Å². The van der Waals surface area contributed by atoms with E-state index in [1.165, 1.54) is 0 Å². The van der Waals surface area contributed by atoms with Gasteiger partial charge in [0.1, 0.15) is 5.75 Å². The molecule has 0 fully saturated rings. The van der Waals surface area contributed by atoms with Crippen molar-refractivity contribution in [3.05, 3.63) is 42.5 Å². The summed E-state index contributed by atoms with van der Waals surface area (Å²) in [6, 6.07) is 13.6. The molecule has 4 rings (SSSR count). The molecule has 2 aromatic heterocycles. The van der Waals surface area contributed by atoms with E-state index in [2.05, 4.69) is 10.2 Å². The van der Waals surface area contributed by atoms with Gasteiger partial charge in [-0.1, -0.05) is 0 Å². The van der Waals surface area contributed by atoms with Crippen LogP contribution in [-0.4, -0.2) is 26.3 Å². The summed E-state index contributed by atoms with van der Waals surface area (Å²) in [5.41, 5.74) is 9.69. The summed E-state index contributed by atoms with van der Waals surface area (Å²) in [6.45, 7) is 0. The maximum atomic E-state index is 5.94. The molecular weight excluding hydrogens is 278 g/mol. The average Bonchev–Trinajstić information content (AvgIpc) is 3.08. The van der Waals surface area contributed by atoms with Gasteiger partial charge < -0.3 is 15.0 Å². The predicted octanol–water partition coefficient (Wildman–Crippen LogP) is 2.48. The number of rotatable bonds is 2. The van der Waals surface area contributed by atoms with Gasteiger partial charge in [0.2, 0.25) is 5.78 Å². The van der Waals surface area contributed by atoms with E-state index in [0.29, 0.717) is 0 Å². The Morgan fingerprint density at radius 3 is 2.50 bits per heavy atom. The first-order valence-electron chi connectivity index (χ1n) is 6.92. The van der Waals surface area contributed by atoms with E-state index in [4.69, 9.17) is 10.5 Å². The lowest BCUT2D eigenvalue weighted by Crippen LogP contribution is -1.90. The molecule has 0 saturated heterocycles. The van der Waals surface area contributed by atoms with Crippen molar-refractivity contribution in [3.63, 3.8) is 0 Å². The number of nitrogens with two attached hydrogens (primary N) is 1. The second-order valence-corrected chi connectivity index (χ2v) is 5.19. The molecule has 0 radical (unpaired) electrons. The maximum absolute atomic E-state index is 5.94. The molecule has 0 aliphatic carbocycles. The molecule has 6 heteroatoms. The number of methoxy groups -OCH3 is 1. The van der Waals surface area contributed by atoms with Crippen molar-refractivity contribution in [2.75, 3.05) is 12.8 Å². The monoisotopic (exact) mass is 293 g/mol. The second kappa shape index (κ2) is 4.49. The van der Waals surface area contributed by atoms with Crippen molar-refractivity contribution in [1.29, 1.82) is 0 Å². The summed E-state index contributed by atoms with van der Waals surface area (Å²) in [5, 5.41) is 8.64. The molecule has 0 bridgehead atoms. The van der Waals surface area contributed by atoms with E-state index in [1.54, 1.807) is 7.11 Å². The summed E-state index contributed by atoms with van der Waals surface area (Å²) >= 11 is 0. The predicted molar refractivity (Wildman–Crippen MR) is 85.9 cm³/mol. The maximum Gasteiger partial charge on any atom is 0.236 e. The van der Waals surface area contributed by atoms with E-state index in [-0.39, 0.29) is 0 Å². The van der Waals surface area contributed by atoms with Crippen molar-refractivity contribution in [3.8, 4) is 17.1 Å². The number of imidazole rings is 1. The van der Waals surface area contributed by atoms with Crippen LogP contribution in [0, 0.1) is 0 Å². The first-order valence-corrected chi connectivity index (χ1v) is 6.92. The molecule has 2 heterocycles. The summed E-state index contributed by atoms with van der Waals surface area (Å²) in [6.07, 6.45) is 0. The molecule has 0 aliphatic rings. The lowest BCUT2D eigenvalue weighted by molar-refractivity contribution is 0.415. The van der Waals surface area contributed by atoms with Gasteiger partial charge in [-0.15, -0.1) is 10.2 Å². The van der Waals surface area contributed by atoms with Crippen molar-refractivity contribution < 1.29 is 4.74 Å². The number of aromatic nitrogens is 4. The van der Waals surface area contributed by atoms with E-state index >= 15 is 0 Å². The Kier molecular flexibility index (Phi) is 2.59. The van der Waals surface area contributed by atoms with Gasteiger partial charge in [0.25, 0.3) is 0 Å². The van der Waals surface area contributed by atoms with E-state index in [0.717, 1.165) is 39.6 Å². The molecule has 2 N–H and O–H groups in total. The SMILES string of the molecule is COc1ccc(-c2nnc3n(C)c4ccc(N)cc4n23)cc1. The smallest absolute Gasteiger partial charge is 0.236 e. The number of nitrogen functional groups attached to an aromatic ring is 1. The quantitative estimate of drug-likeness (QED) is 0.576. The zero-order valence-electron chi connectivity index (χ0n) is 12.3. The Labute approximate surface area is 126 Å². The average molecular weight is 293 g/mol. The van der Waals surface area contributed by atoms with Gasteiger partial charge >= 0.3 is 0 Å². The van der Waals surface area contributed by atoms with Gasteiger partial charge in [0, 0.05) is 18.3 Å². The van der Waals surface area contributed by atoms with Gasteiger partial charge in [-0.05, 0) is 42.5 Å². The van der Waals surface area contributed by atoms with Crippen LogP contribution in [-0.2, 0) is 7.05 Å². The number of anilines is 1. The Morgan fingerprint density at radius 1 is 1.00 bits per heavy atom. The Bertz CT molecular complexity index is 981. The lowest BCUT2D eigenvalue weighted by Gasteiger charge is -2.02. The molecule has 110 valence electrons. The Hall–Kier alpha value is -3.02. The molecule has 6 nitrogen and oxygen atoms in total. The fraction of sp³-hybridized carbons (Fsp3) is 0.125. The Morgan fingerprint density at radius 2 is 1.77 bits per heavy atom. The highest BCUT2D eigenvalue weighted by molar-refractivity contribution is 5.85. The number of ether oxygens (including phenoxy) is 1. The number of fused-ring (bicyclic) bond motifs is 3. The van der Waals surface area contributed by atoms with Gasteiger partial charge in [0.05, 0.1) is 18.1 Å². The third-order valence-corrected chi connectivity index (χ3v) is 3.90. The van der Waals surface area contributed by atoms with E-state index in [9.17, 15) is 0 Å². The van der Waals surface area contributed by atoms with Crippen LogP contribution in [0.4, 0.5) is 5.69 Å². The fourth-order valence-corrected chi connectivity index (χ4v) is 2.75. The number of aryl methyl sites for hydroxylation is 1. The van der Waals surface area contributed by atoms with Crippen molar-refractivity contribution in [2.45, 2.75) is 0 Å². The first kappa shape index (κ1) is 12.7. The summed E-state index contributed by atoms with van der Waals surface area (Å²) in [5.74, 6) is 2.38. The van der Waals surface area contributed by atoms with Crippen LogP contribution in [0.15, 0.2) is 42.5 Å². The third kappa shape index (κ3) is 1.67. The highest BCUT2D eigenvalue weighted by Crippen LogP contribution is 2.27. The van der Waals surface area contributed by atoms with Gasteiger partial charge in [-0.2, -0.15) is 0 Å². The van der Waals surface area contributed by atoms with Crippen LogP contribution in [0.5, 0.6) is 5.75 Å². The third-order valence-electron chi connectivity index (χ3n) is 3.90. The summed E-state index contributed by atoms with van der Waals surface area (Å²) < 4.78 is 9.23. The Balaban J connectivity index is 2.03. The molecule has 0 unspecified atom stereocenters. The molecule has 22 heavy (non-hydrogen) atoms. The zero-order valence-corrected chi connectivity index (χ0v) is 12.3. The highest BCUT2D eigenvalue weighted by Gasteiger charge is 2.16. The van der Waals surface area contributed by atoms with Crippen molar-refractivity contribution in [1.82, 2.24) is 19.2 Å². The summed E-state index contributed by atoms with van der Waals surface area (Å²) in [4.78, 5) is 0. The molecule has 0 aliphatic heterocycles. The van der Waals surface area contributed by atoms with Crippen LogP contribution in [0.25, 0.3) is 28.2 Å². The van der Waals surface area contributed by atoms with Crippen LogP contribution in [0.1, 0.15) is 0 Å². The number of hydrogen-bond acceptors (Lipinski definition) is 4. The normalized spacial score (nSPS) is 11.4. The van der Waals surface area contributed by atoms with Crippen molar-refractivity contribution in [2.24, 2.45) is 7.05 Å². The molecule has 0 saturated carbocycles. The minimum Gasteiger partial charge on any atom is -0.497 e. The first-order chi connectivity index (χ1) is 10.7. The van der Waals surface area contributed by atoms with E-state index < -0.39 is 0 Å². The van der Waals surface area contributed by atoms with Crippen molar-refractivity contribution >= 4 is 22.5 Å². The molecular formula is C16H15N5O. The van der Waals surface area contributed by atoms with Crippen LogP contribution in [0.2, 0.25) is 0 Å². The van der Waals surface area contributed by atoms with Crippen LogP contribution < -0.4 is 10.5 Å². The largest absolute Gasteiger partial charge is 0.497 e. The van der Waals surface area contributed by atoms with E-state index in [1.807, 2.05) is 58.5 Å². The molecule has 0 atom stereocenters. The second-order valence-electron chi connectivity index (χ2n) is 5.19. The molecule has 0 spiro atoms. The van der Waals surface area contributed by atoms with Gasteiger partial charge in [0.15, 0.2) is 5.82 Å². The van der Waals surface area contributed by atoms with Gasteiger partial charge in [-0.25, -0.2) is 0 Å². The molecule has 0 amide bonds. The molecule has 2 aromatic carbocycles. The van der Waals surface area contributed by atoms with Crippen LogP contribution in [0.3, 0.4) is 0 Å². The zero-order chi connectivity index (χ0) is 15.3. The van der Waals surface area contributed by atoms with Crippen LogP contribution >= 0.6 is 0 Å². The number of hydrogen-bond donors (Lipinski definition) is 1. The lowest BCUT2D eigenvalue weighted by atomic mass is 10.2. The molecule has 4 aromatic rings. The number of benzene rings is 2. The summed E-state index contributed by atoms with van der Waals surface area (Å²) in [7, 11) is 3.62. The minimum absolute atomic E-state index is 0.717. The minimum atomic E-state index is 0.717. The topological polar surface area (TPSA) is 70.4 Å². The fourth-order valence-electron chi connectivity index (χ4n) is 2.75.